The number of nitrogens with zero attached hydrogens (tertiary/aromatic N) is 3. The van der Waals surface area contributed by atoms with E-state index in [2.05, 4.69) is 10.3 Å². The Morgan fingerprint density at radius 1 is 1.27 bits per heavy atom. The van der Waals surface area contributed by atoms with Crippen molar-refractivity contribution in [3.05, 3.63) is 11.6 Å². The van der Waals surface area contributed by atoms with Crippen LogP contribution in [-0.2, 0) is 19.6 Å². The third-order valence-corrected chi connectivity index (χ3v) is 5.30. The number of carbonyl (C=O) groups is 2. The summed E-state index contributed by atoms with van der Waals surface area (Å²) < 4.78 is 24.1. The summed E-state index contributed by atoms with van der Waals surface area (Å²) in [5, 5.41) is 4.88. The molecule has 0 atom stereocenters. The summed E-state index contributed by atoms with van der Waals surface area (Å²) in [6.45, 7) is 1.33. The topological polar surface area (TPSA) is 99.7 Å². The van der Waals surface area contributed by atoms with Crippen molar-refractivity contribution in [3.8, 4) is 0 Å². The molecule has 0 radical (unpaired) electrons. The molecule has 2 rings (SSSR count). The molecule has 122 valence electrons. The molecule has 1 fully saturated rings. The van der Waals surface area contributed by atoms with E-state index in [1.807, 2.05) is 0 Å². The summed E-state index contributed by atoms with van der Waals surface area (Å²) in [4.78, 5) is 29.2. The first-order chi connectivity index (χ1) is 10.4. The fourth-order valence-electron chi connectivity index (χ4n) is 2.11. The number of nitrogens with one attached hydrogen (secondary N) is 1. The Kier molecular flexibility index (Phi) is 5.48. The summed E-state index contributed by atoms with van der Waals surface area (Å²) in [7, 11) is -3.20. The molecule has 0 aromatic carbocycles. The Morgan fingerprint density at radius 3 is 2.50 bits per heavy atom. The molecule has 8 nitrogen and oxygen atoms in total. The van der Waals surface area contributed by atoms with E-state index in [4.69, 9.17) is 0 Å². The molecule has 10 heteroatoms. The van der Waals surface area contributed by atoms with Gasteiger partial charge in [0.1, 0.15) is 0 Å². The molecule has 1 aliphatic rings. The maximum Gasteiger partial charge on any atom is 0.226 e. The van der Waals surface area contributed by atoms with E-state index in [0.29, 0.717) is 31.3 Å². The van der Waals surface area contributed by atoms with Crippen LogP contribution in [0.1, 0.15) is 12.8 Å². The number of aromatic nitrogens is 1. The zero-order chi connectivity index (χ0) is 16.2. The summed E-state index contributed by atoms with van der Waals surface area (Å²) in [6.07, 6.45) is 2.95. The molecule has 1 aromatic rings. The van der Waals surface area contributed by atoms with Crippen LogP contribution < -0.4 is 5.32 Å². The van der Waals surface area contributed by atoms with Crippen LogP contribution in [0.5, 0.6) is 0 Å². The van der Waals surface area contributed by atoms with Gasteiger partial charge < -0.3 is 10.2 Å². The molecule has 0 aliphatic carbocycles. The number of piperazine rings is 1. The van der Waals surface area contributed by atoms with Crippen LogP contribution in [0.15, 0.2) is 11.6 Å². The Morgan fingerprint density at radius 2 is 1.95 bits per heavy atom. The van der Waals surface area contributed by atoms with Crippen LogP contribution in [0.4, 0.5) is 5.13 Å². The average molecular weight is 346 g/mol. The molecule has 0 saturated carbocycles. The Balaban J connectivity index is 1.73. The van der Waals surface area contributed by atoms with Gasteiger partial charge >= 0.3 is 0 Å². The highest BCUT2D eigenvalue weighted by atomic mass is 32.2. The number of amides is 2. The molecule has 2 amide bonds. The average Bonchev–Trinajstić information content (AvgIpc) is 2.97. The van der Waals surface area contributed by atoms with Crippen molar-refractivity contribution < 1.29 is 18.0 Å². The van der Waals surface area contributed by atoms with Crippen LogP contribution in [-0.4, -0.2) is 66.9 Å². The maximum absolute atomic E-state index is 12.0. The normalized spacial score (nSPS) is 16.5. The van der Waals surface area contributed by atoms with Crippen LogP contribution in [0.3, 0.4) is 0 Å². The van der Waals surface area contributed by atoms with Crippen molar-refractivity contribution in [1.82, 2.24) is 14.2 Å². The molecule has 0 bridgehead atoms. The zero-order valence-electron chi connectivity index (χ0n) is 12.2. The van der Waals surface area contributed by atoms with Crippen molar-refractivity contribution in [2.45, 2.75) is 12.8 Å². The number of rotatable bonds is 5. The molecular weight excluding hydrogens is 328 g/mol. The van der Waals surface area contributed by atoms with Crippen molar-refractivity contribution >= 4 is 38.3 Å². The quantitative estimate of drug-likeness (QED) is 0.807. The lowest BCUT2D eigenvalue weighted by atomic mass is 10.2. The SMILES string of the molecule is CS(=O)(=O)N1CCN(C(=O)CCC(=O)Nc2nccs2)CC1. The largest absolute Gasteiger partial charge is 0.340 e. The van der Waals surface area contributed by atoms with Crippen molar-refractivity contribution in [1.29, 1.82) is 0 Å². The highest BCUT2D eigenvalue weighted by molar-refractivity contribution is 7.88. The molecule has 1 N–H and O–H groups in total. The van der Waals surface area contributed by atoms with E-state index < -0.39 is 10.0 Å². The first kappa shape index (κ1) is 16.8. The van der Waals surface area contributed by atoms with Gasteiger partial charge in [0.15, 0.2) is 5.13 Å². The summed E-state index contributed by atoms with van der Waals surface area (Å²) in [5.41, 5.74) is 0. The second-order valence-electron chi connectivity index (χ2n) is 4.93. The van der Waals surface area contributed by atoms with E-state index in [1.165, 1.54) is 15.6 Å². The van der Waals surface area contributed by atoms with E-state index in [1.54, 1.807) is 16.5 Å². The van der Waals surface area contributed by atoms with Crippen LogP contribution in [0, 0.1) is 0 Å². The molecule has 1 aliphatic heterocycles. The minimum absolute atomic E-state index is 0.0880. The third kappa shape index (κ3) is 4.75. The van der Waals surface area contributed by atoms with Gasteiger partial charge in [0.2, 0.25) is 21.8 Å². The van der Waals surface area contributed by atoms with Gasteiger partial charge in [-0.2, -0.15) is 4.31 Å². The third-order valence-electron chi connectivity index (χ3n) is 3.30. The molecule has 1 aromatic heterocycles. The first-order valence-electron chi connectivity index (χ1n) is 6.78. The van der Waals surface area contributed by atoms with Crippen LogP contribution >= 0.6 is 11.3 Å². The van der Waals surface area contributed by atoms with E-state index >= 15 is 0 Å². The molecule has 0 unspecified atom stereocenters. The summed E-state index contributed by atoms with van der Waals surface area (Å²) >= 11 is 1.32. The second kappa shape index (κ2) is 7.16. The highest BCUT2D eigenvalue weighted by Gasteiger charge is 2.26. The van der Waals surface area contributed by atoms with Gasteiger partial charge in [-0.25, -0.2) is 13.4 Å². The fourth-order valence-corrected chi connectivity index (χ4v) is 3.49. The van der Waals surface area contributed by atoms with Crippen molar-refractivity contribution in [2.24, 2.45) is 0 Å². The van der Waals surface area contributed by atoms with Gasteiger partial charge in [-0.3, -0.25) is 9.59 Å². The predicted molar refractivity (Wildman–Crippen MR) is 83.0 cm³/mol. The molecule has 22 heavy (non-hydrogen) atoms. The standard InChI is InChI=1S/C12H18N4O4S2/c1-22(19,20)16-7-5-15(6-8-16)11(18)3-2-10(17)14-12-13-4-9-21-12/h4,9H,2-3,5-8H2,1H3,(H,13,14,17). The molecule has 1 saturated heterocycles. The summed E-state index contributed by atoms with van der Waals surface area (Å²) in [5.74, 6) is -0.388. The van der Waals surface area contributed by atoms with Gasteiger partial charge in [0, 0.05) is 50.6 Å². The minimum atomic E-state index is -3.20. The number of anilines is 1. The van der Waals surface area contributed by atoms with Gasteiger partial charge in [0.25, 0.3) is 0 Å². The van der Waals surface area contributed by atoms with Crippen molar-refractivity contribution in [3.63, 3.8) is 0 Å². The number of hydrogen-bond acceptors (Lipinski definition) is 6. The second-order valence-corrected chi connectivity index (χ2v) is 7.81. The van der Waals surface area contributed by atoms with Gasteiger partial charge in [-0.15, -0.1) is 11.3 Å². The predicted octanol–water partition coefficient (Wildman–Crippen LogP) is -0.0344. The van der Waals surface area contributed by atoms with Crippen LogP contribution in [0.25, 0.3) is 0 Å². The monoisotopic (exact) mass is 346 g/mol. The Hall–Kier alpha value is -1.52. The van der Waals surface area contributed by atoms with Gasteiger partial charge in [0.05, 0.1) is 6.26 Å². The van der Waals surface area contributed by atoms with Crippen molar-refractivity contribution in [2.75, 3.05) is 37.8 Å². The number of sulfonamides is 1. The van der Waals surface area contributed by atoms with Crippen LogP contribution in [0.2, 0.25) is 0 Å². The fraction of sp³-hybridized carbons (Fsp3) is 0.583. The highest BCUT2D eigenvalue weighted by Crippen LogP contribution is 2.12. The maximum atomic E-state index is 12.0. The molecule has 2 heterocycles. The lowest BCUT2D eigenvalue weighted by molar-refractivity contribution is -0.133. The van der Waals surface area contributed by atoms with Gasteiger partial charge in [-0.05, 0) is 0 Å². The lowest BCUT2D eigenvalue weighted by Gasteiger charge is -2.33. The lowest BCUT2D eigenvalue weighted by Crippen LogP contribution is -2.50. The smallest absolute Gasteiger partial charge is 0.226 e. The van der Waals surface area contributed by atoms with E-state index in [-0.39, 0.29) is 24.7 Å². The number of carbonyl (C=O) groups excluding carboxylic acids is 2. The Labute approximate surface area is 133 Å². The minimum Gasteiger partial charge on any atom is -0.340 e. The first-order valence-corrected chi connectivity index (χ1v) is 9.51. The summed E-state index contributed by atoms with van der Waals surface area (Å²) in [6, 6.07) is 0. The van der Waals surface area contributed by atoms with E-state index in [0.717, 1.165) is 6.26 Å². The molecular formula is C12H18N4O4S2. The molecule has 0 spiro atoms. The Bertz CT molecular complexity index is 622. The zero-order valence-corrected chi connectivity index (χ0v) is 13.8. The van der Waals surface area contributed by atoms with E-state index in [9.17, 15) is 18.0 Å². The number of thiazole rings is 1. The van der Waals surface area contributed by atoms with Gasteiger partial charge in [-0.1, -0.05) is 0 Å². The number of hydrogen-bond donors (Lipinski definition) is 1.